The molecule has 3 heteroatoms. The van der Waals surface area contributed by atoms with Crippen LogP contribution in [0.3, 0.4) is 0 Å². The van der Waals surface area contributed by atoms with Gasteiger partial charge in [0.25, 0.3) is 0 Å². The number of rotatable bonds is 4. The van der Waals surface area contributed by atoms with Gasteiger partial charge >= 0.3 is 0 Å². The average molecular weight is 248 g/mol. The van der Waals surface area contributed by atoms with Crippen molar-refractivity contribution in [2.45, 2.75) is 33.6 Å². The summed E-state index contributed by atoms with van der Waals surface area (Å²) in [5.41, 5.74) is 1.30. The van der Waals surface area contributed by atoms with Crippen molar-refractivity contribution in [2.75, 3.05) is 0 Å². The van der Waals surface area contributed by atoms with Crippen LogP contribution in [0.15, 0.2) is 22.6 Å². The lowest BCUT2D eigenvalue weighted by Crippen LogP contribution is -2.11. The van der Waals surface area contributed by atoms with Gasteiger partial charge in [-0.1, -0.05) is 20.3 Å². The summed E-state index contributed by atoms with van der Waals surface area (Å²) in [6.07, 6.45) is 1.80. The second kappa shape index (κ2) is 4.92. The molecule has 96 valence electrons. The Morgan fingerprint density at radius 3 is 2.83 bits per heavy atom. The van der Waals surface area contributed by atoms with Gasteiger partial charge in [-0.3, -0.25) is 4.79 Å². The molecule has 0 saturated heterocycles. The van der Waals surface area contributed by atoms with Crippen LogP contribution in [0, 0.1) is 18.7 Å². The van der Waals surface area contributed by atoms with Gasteiger partial charge in [0, 0.05) is 16.9 Å². The van der Waals surface area contributed by atoms with Gasteiger partial charge in [0.2, 0.25) is 5.78 Å². The molecule has 0 fully saturated rings. The van der Waals surface area contributed by atoms with Crippen molar-refractivity contribution in [3.05, 3.63) is 35.3 Å². The predicted molar refractivity (Wildman–Crippen MR) is 69.3 cm³/mol. The van der Waals surface area contributed by atoms with Gasteiger partial charge in [-0.25, -0.2) is 4.39 Å². The molecule has 0 N–H and O–H groups in total. The smallest absolute Gasteiger partial charge is 0.201 e. The lowest BCUT2D eigenvalue weighted by Gasteiger charge is -2.06. The second-order valence-electron chi connectivity index (χ2n) is 4.75. The average Bonchev–Trinajstić information content (AvgIpc) is 2.66. The van der Waals surface area contributed by atoms with Gasteiger partial charge < -0.3 is 4.42 Å². The molecule has 0 aliphatic rings. The number of Topliss-reactive ketones (excluding diaryl/α,β-unsaturated/α-hetero) is 1. The van der Waals surface area contributed by atoms with E-state index in [1.54, 1.807) is 13.0 Å². The highest BCUT2D eigenvalue weighted by atomic mass is 19.1. The number of hydrogen-bond acceptors (Lipinski definition) is 2. The molecule has 18 heavy (non-hydrogen) atoms. The Morgan fingerprint density at radius 2 is 2.17 bits per heavy atom. The minimum absolute atomic E-state index is 0.00552. The molecule has 1 atom stereocenters. The number of fused-ring (bicyclic) bond motifs is 1. The zero-order valence-electron chi connectivity index (χ0n) is 10.9. The number of carbonyl (C=O) groups is 1. The maximum atomic E-state index is 13.2. The van der Waals surface area contributed by atoms with Crippen LogP contribution in [0.2, 0.25) is 0 Å². The zero-order valence-corrected chi connectivity index (χ0v) is 10.9. The maximum absolute atomic E-state index is 13.2. The van der Waals surface area contributed by atoms with Crippen LogP contribution in [0.4, 0.5) is 4.39 Å². The first kappa shape index (κ1) is 12.8. The fourth-order valence-electron chi connectivity index (χ4n) is 2.22. The number of halogens is 1. The van der Waals surface area contributed by atoms with E-state index in [-0.39, 0.29) is 17.5 Å². The van der Waals surface area contributed by atoms with E-state index in [1.165, 1.54) is 12.1 Å². The highest BCUT2D eigenvalue weighted by Crippen LogP contribution is 2.28. The van der Waals surface area contributed by atoms with E-state index in [0.717, 1.165) is 18.4 Å². The van der Waals surface area contributed by atoms with Crippen LogP contribution in [-0.4, -0.2) is 5.78 Å². The van der Waals surface area contributed by atoms with Gasteiger partial charge in [0.1, 0.15) is 11.4 Å². The van der Waals surface area contributed by atoms with Gasteiger partial charge in [-0.15, -0.1) is 0 Å². The van der Waals surface area contributed by atoms with E-state index in [9.17, 15) is 9.18 Å². The Labute approximate surface area is 106 Å². The minimum Gasteiger partial charge on any atom is -0.453 e. The first-order valence-corrected chi connectivity index (χ1v) is 6.27. The predicted octanol–water partition coefficient (Wildman–Crippen LogP) is 4.50. The molecule has 1 aromatic heterocycles. The van der Waals surface area contributed by atoms with Crippen molar-refractivity contribution < 1.29 is 13.6 Å². The molecule has 1 aromatic carbocycles. The largest absolute Gasteiger partial charge is 0.453 e. The van der Waals surface area contributed by atoms with Crippen molar-refractivity contribution in [3.8, 4) is 0 Å². The summed E-state index contributed by atoms with van der Waals surface area (Å²) in [6.45, 7) is 5.75. The SMILES string of the molecule is CCCC(C)C(=O)c1oc2ccc(F)cc2c1C. The van der Waals surface area contributed by atoms with E-state index in [2.05, 4.69) is 0 Å². The molecule has 0 bridgehead atoms. The first-order valence-electron chi connectivity index (χ1n) is 6.27. The number of ketones is 1. The van der Waals surface area contributed by atoms with Crippen LogP contribution in [0.25, 0.3) is 11.0 Å². The molecule has 0 aliphatic heterocycles. The van der Waals surface area contributed by atoms with E-state index >= 15 is 0 Å². The lowest BCUT2D eigenvalue weighted by molar-refractivity contribution is 0.0896. The van der Waals surface area contributed by atoms with Crippen molar-refractivity contribution >= 4 is 16.8 Å². The van der Waals surface area contributed by atoms with Gasteiger partial charge in [-0.2, -0.15) is 0 Å². The van der Waals surface area contributed by atoms with Crippen molar-refractivity contribution in [1.29, 1.82) is 0 Å². The minimum atomic E-state index is -0.313. The molecule has 0 radical (unpaired) electrons. The maximum Gasteiger partial charge on any atom is 0.201 e. The highest BCUT2D eigenvalue weighted by Gasteiger charge is 2.22. The highest BCUT2D eigenvalue weighted by molar-refractivity contribution is 6.01. The van der Waals surface area contributed by atoms with E-state index in [1.807, 2.05) is 13.8 Å². The van der Waals surface area contributed by atoms with Crippen LogP contribution in [0.1, 0.15) is 42.8 Å². The fourth-order valence-corrected chi connectivity index (χ4v) is 2.22. The normalized spacial score (nSPS) is 12.9. The van der Waals surface area contributed by atoms with Gasteiger partial charge in [0.15, 0.2) is 5.76 Å². The molecule has 0 aliphatic carbocycles. The molecular formula is C15H17FO2. The van der Waals surface area contributed by atoms with Crippen LogP contribution in [-0.2, 0) is 0 Å². The fraction of sp³-hybridized carbons (Fsp3) is 0.400. The third kappa shape index (κ3) is 2.17. The lowest BCUT2D eigenvalue weighted by atomic mass is 9.97. The van der Waals surface area contributed by atoms with E-state index in [4.69, 9.17) is 4.42 Å². The van der Waals surface area contributed by atoms with Crippen molar-refractivity contribution in [1.82, 2.24) is 0 Å². The Morgan fingerprint density at radius 1 is 1.44 bits per heavy atom. The van der Waals surface area contributed by atoms with Gasteiger partial charge in [0.05, 0.1) is 0 Å². The summed E-state index contributed by atoms with van der Waals surface area (Å²) in [5, 5.41) is 0.682. The summed E-state index contributed by atoms with van der Waals surface area (Å²) in [5.74, 6) is 0.00798. The van der Waals surface area contributed by atoms with Gasteiger partial charge in [-0.05, 0) is 31.5 Å². The van der Waals surface area contributed by atoms with Crippen molar-refractivity contribution in [2.24, 2.45) is 5.92 Å². The Bertz CT molecular complexity index is 583. The molecule has 2 nitrogen and oxygen atoms in total. The topological polar surface area (TPSA) is 30.2 Å². The summed E-state index contributed by atoms with van der Waals surface area (Å²) in [7, 11) is 0. The van der Waals surface area contributed by atoms with Crippen LogP contribution < -0.4 is 0 Å². The second-order valence-corrected chi connectivity index (χ2v) is 4.75. The summed E-state index contributed by atoms with van der Waals surface area (Å²) >= 11 is 0. The molecule has 0 saturated carbocycles. The number of hydrogen-bond donors (Lipinski definition) is 0. The summed E-state index contributed by atoms with van der Waals surface area (Å²) < 4.78 is 18.7. The zero-order chi connectivity index (χ0) is 13.3. The molecule has 1 heterocycles. The number of aryl methyl sites for hydroxylation is 1. The molecule has 0 spiro atoms. The van der Waals surface area contributed by atoms with E-state index < -0.39 is 0 Å². The quantitative estimate of drug-likeness (QED) is 0.746. The first-order chi connectivity index (χ1) is 8.54. The Hall–Kier alpha value is -1.64. The standard InChI is InChI=1S/C15H17FO2/c1-4-5-9(2)14(17)15-10(3)12-8-11(16)6-7-13(12)18-15/h6-9H,4-5H2,1-3H3. The van der Waals surface area contributed by atoms with E-state index in [0.29, 0.717) is 16.7 Å². The number of furan rings is 1. The van der Waals surface area contributed by atoms with Crippen LogP contribution >= 0.6 is 0 Å². The number of carbonyl (C=O) groups excluding carboxylic acids is 1. The molecule has 2 rings (SSSR count). The monoisotopic (exact) mass is 248 g/mol. The van der Waals surface area contributed by atoms with Crippen LogP contribution in [0.5, 0.6) is 0 Å². The van der Waals surface area contributed by atoms with Crippen molar-refractivity contribution in [3.63, 3.8) is 0 Å². The number of benzene rings is 1. The summed E-state index contributed by atoms with van der Waals surface area (Å²) in [6, 6.07) is 4.32. The molecular weight excluding hydrogens is 231 g/mol. The molecule has 2 aromatic rings. The Balaban J connectivity index is 2.46. The molecule has 1 unspecified atom stereocenters. The Kier molecular flexibility index (Phi) is 3.50. The summed E-state index contributed by atoms with van der Waals surface area (Å²) in [4.78, 5) is 12.2. The third-order valence-electron chi connectivity index (χ3n) is 3.29. The molecule has 0 amide bonds. The third-order valence-corrected chi connectivity index (χ3v) is 3.29.